The first kappa shape index (κ1) is 17.9. The maximum atomic E-state index is 10.9. The third-order valence-corrected chi connectivity index (χ3v) is 3.38. The van der Waals surface area contributed by atoms with E-state index in [0.717, 1.165) is 10.9 Å². The molecule has 0 amide bonds. The molecule has 0 saturated carbocycles. The Morgan fingerprint density at radius 1 is 1.33 bits per heavy atom. The summed E-state index contributed by atoms with van der Waals surface area (Å²) in [4.78, 5) is 19.4. The number of hydrogen-bond acceptors (Lipinski definition) is 5. The number of rotatable bonds is 4. The van der Waals surface area contributed by atoms with Gasteiger partial charge in [0.1, 0.15) is 11.7 Å². The molecular formula is C17H11N4NaO2. The van der Waals surface area contributed by atoms with Crippen molar-refractivity contribution in [1.29, 1.82) is 5.26 Å². The third-order valence-electron chi connectivity index (χ3n) is 3.38. The molecule has 6 nitrogen and oxygen atoms in total. The zero-order chi connectivity index (χ0) is 16.2. The van der Waals surface area contributed by atoms with Gasteiger partial charge in [0.15, 0.2) is 0 Å². The van der Waals surface area contributed by atoms with E-state index >= 15 is 0 Å². The number of aliphatic carboxylic acids is 1. The number of fused-ring (bicyclic) bond motifs is 1. The number of carboxylic acid groups (broad SMARTS) is 1. The molecule has 24 heavy (non-hydrogen) atoms. The summed E-state index contributed by atoms with van der Waals surface area (Å²) in [7, 11) is 0. The smallest absolute Gasteiger partial charge is 0.544 e. The van der Waals surface area contributed by atoms with E-state index in [1.165, 1.54) is 6.08 Å². The summed E-state index contributed by atoms with van der Waals surface area (Å²) in [5.74, 6) is -1.50. The van der Waals surface area contributed by atoms with E-state index < -0.39 is 11.5 Å². The third kappa shape index (κ3) is 3.71. The van der Waals surface area contributed by atoms with Gasteiger partial charge in [-0.05, 0) is 29.8 Å². The van der Waals surface area contributed by atoms with Gasteiger partial charge in [-0.2, -0.15) is 5.26 Å². The number of carbonyl (C=O) groups is 1. The van der Waals surface area contributed by atoms with Gasteiger partial charge in [0.25, 0.3) is 0 Å². The fraction of sp³-hybridized carbons (Fsp3) is 0.0588. The molecule has 3 heterocycles. The average Bonchev–Trinajstić information content (AvgIpc) is 2.91. The Labute approximate surface area is 160 Å². The monoisotopic (exact) mass is 326 g/mol. The molecule has 0 atom stereocenters. The van der Waals surface area contributed by atoms with Crippen LogP contribution in [0.2, 0.25) is 0 Å². The number of nitriles is 1. The van der Waals surface area contributed by atoms with Crippen LogP contribution in [-0.4, -0.2) is 20.5 Å². The Morgan fingerprint density at radius 3 is 2.79 bits per heavy atom. The van der Waals surface area contributed by atoms with Crippen LogP contribution in [0.25, 0.3) is 17.1 Å². The molecule has 0 fully saturated rings. The van der Waals surface area contributed by atoms with Gasteiger partial charge in [-0.25, -0.2) is 4.98 Å². The Hall–Kier alpha value is -2.46. The molecule has 0 N–H and O–H groups in total. The first-order valence-electron chi connectivity index (χ1n) is 6.85. The minimum Gasteiger partial charge on any atom is -0.544 e. The summed E-state index contributed by atoms with van der Waals surface area (Å²) < 4.78 is 1.89. The van der Waals surface area contributed by atoms with E-state index in [9.17, 15) is 9.90 Å². The summed E-state index contributed by atoms with van der Waals surface area (Å²) in [6.45, 7) is 0.544. The van der Waals surface area contributed by atoms with Crippen LogP contribution < -0.4 is 34.7 Å². The summed E-state index contributed by atoms with van der Waals surface area (Å²) in [5, 5.41) is 20.6. The molecule has 0 saturated heterocycles. The van der Waals surface area contributed by atoms with Crippen molar-refractivity contribution in [3.8, 4) is 6.07 Å². The van der Waals surface area contributed by atoms with Gasteiger partial charge in [0.05, 0.1) is 18.1 Å². The van der Waals surface area contributed by atoms with Crippen molar-refractivity contribution < 1.29 is 39.5 Å². The van der Waals surface area contributed by atoms with Crippen LogP contribution in [0.5, 0.6) is 0 Å². The summed E-state index contributed by atoms with van der Waals surface area (Å²) in [6, 6.07) is 9.02. The van der Waals surface area contributed by atoms with Crippen molar-refractivity contribution in [2.45, 2.75) is 6.54 Å². The van der Waals surface area contributed by atoms with Crippen molar-refractivity contribution >= 4 is 23.1 Å². The van der Waals surface area contributed by atoms with Crippen molar-refractivity contribution in [3.63, 3.8) is 0 Å². The van der Waals surface area contributed by atoms with Gasteiger partial charge in [0, 0.05) is 35.7 Å². The normalized spacial score (nSPS) is 10.9. The molecule has 3 aromatic heterocycles. The predicted octanol–water partition coefficient (Wildman–Crippen LogP) is -1.86. The van der Waals surface area contributed by atoms with Crippen LogP contribution in [0.15, 0.2) is 54.6 Å². The quantitative estimate of drug-likeness (QED) is 0.318. The molecule has 0 unspecified atom stereocenters. The Balaban J connectivity index is 0.00000208. The molecule has 0 bridgehead atoms. The maximum Gasteiger partial charge on any atom is 1.00 e. The molecule has 3 rings (SSSR count). The fourth-order valence-electron chi connectivity index (χ4n) is 2.37. The summed E-state index contributed by atoms with van der Waals surface area (Å²) in [6.07, 6.45) is 8.19. The Bertz CT molecular complexity index is 942. The number of carbonyl (C=O) groups excluding carboxylic acids is 1. The van der Waals surface area contributed by atoms with Gasteiger partial charge in [-0.3, -0.25) is 4.98 Å². The zero-order valence-corrected chi connectivity index (χ0v) is 15.0. The number of hydrogen-bond donors (Lipinski definition) is 0. The van der Waals surface area contributed by atoms with Gasteiger partial charge in [0.2, 0.25) is 0 Å². The van der Waals surface area contributed by atoms with Crippen LogP contribution in [0.3, 0.4) is 0 Å². The second-order valence-corrected chi connectivity index (χ2v) is 4.91. The second kappa shape index (κ2) is 7.88. The predicted molar refractivity (Wildman–Crippen MR) is 81.7 cm³/mol. The van der Waals surface area contributed by atoms with E-state index in [4.69, 9.17) is 5.26 Å². The number of pyridine rings is 2. The molecule has 0 radical (unpaired) electrons. The van der Waals surface area contributed by atoms with Crippen LogP contribution in [-0.2, 0) is 11.3 Å². The summed E-state index contributed by atoms with van der Waals surface area (Å²) >= 11 is 0. The first-order valence-corrected chi connectivity index (χ1v) is 6.85. The fourth-order valence-corrected chi connectivity index (χ4v) is 2.37. The Kier molecular flexibility index (Phi) is 5.88. The molecule has 7 heteroatoms. The van der Waals surface area contributed by atoms with E-state index in [-0.39, 0.29) is 29.6 Å². The number of nitrogens with zero attached hydrogens (tertiary/aromatic N) is 4. The molecule has 0 aromatic carbocycles. The largest absolute Gasteiger partial charge is 1.00 e. The van der Waals surface area contributed by atoms with E-state index in [1.54, 1.807) is 36.9 Å². The molecule has 0 aliphatic rings. The van der Waals surface area contributed by atoms with Crippen molar-refractivity contribution in [2.24, 2.45) is 0 Å². The number of aromatic nitrogens is 3. The molecule has 0 aliphatic heterocycles. The van der Waals surface area contributed by atoms with Crippen molar-refractivity contribution in [1.82, 2.24) is 14.5 Å². The minimum absolute atomic E-state index is 0. The van der Waals surface area contributed by atoms with Crippen molar-refractivity contribution in [3.05, 3.63) is 65.8 Å². The van der Waals surface area contributed by atoms with E-state index in [0.29, 0.717) is 17.8 Å². The van der Waals surface area contributed by atoms with Gasteiger partial charge < -0.3 is 14.5 Å². The molecule has 0 spiro atoms. The molecule has 112 valence electrons. The van der Waals surface area contributed by atoms with Gasteiger partial charge in [-0.15, -0.1) is 0 Å². The van der Waals surface area contributed by atoms with Gasteiger partial charge in [-0.1, -0.05) is 6.07 Å². The zero-order valence-electron chi connectivity index (χ0n) is 13.0. The van der Waals surface area contributed by atoms with Crippen LogP contribution in [0, 0.1) is 11.3 Å². The van der Waals surface area contributed by atoms with Crippen LogP contribution in [0.4, 0.5) is 0 Å². The summed E-state index contributed by atoms with van der Waals surface area (Å²) in [5.41, 5.74) is 1.89. The SMILES string of the molecule is N#C/C(=C\c1cn(Cc2cccnc2)c2ncccc12)C(=O)[O-].[Na+]. The first-order chi connectivity index (χ1) is 11.2. The number of carboxylic acids is 1. The van der Waals surface area contributed by atoms with Crippen LogP contribution in [0.1, 0.15) is 11.1 Å². The standard InChI is InChI=1S/C17H12N4O2.Na/c18-8-13(17(22)23)7-14-11-21(10-12-3-1-5-19-9-12)16-15(14)4-2-6-20-16;/h1-7,9,11H,10H2,(H,22,23);/q;+1/p-1/b13-7+;. The Morgan fingerprint density at radius 2 is 2.12 bits per heavy atom. The van der Waals surface area contributed by atoms with E-state index in [1.807, 2.05) is 22.8 Å². The average molecular weight is 326 g/mol. The molecular weight excluding hydrogens is 315 g/mol. The topological polar surface area (TPSA) is 94.6 Å². The van der Waals surface area contributed by atoms with Crippen LogP contribution >= 0.6 is 0 Å². The maximum absolute atomic E-state index is 10.9. The van der Waals surface area contributed by atoms with E-state index in [2.05, 4.69) is 9.97 Å². The molecule has 0 aliphatic carbocycles. The van der Waals surface area contributed by atoms with Gasteiger partial charge >= 0.3 is 29.6 Å². The minimum atomic E-state index is -1.50. The second-order valence-electron chi connectivity index (χ2n) is 4.91. The molecule has 3 aromatic rings. The van der Waals surface area contributed by atoms with Crippen molar-refractivity contribution in [2.75, 3.05) is 0 Å².